The van der Waals surface area contributed by atoms with E-state index in [1.54, 1.807) is 11.8 Å². The molecule has 0 saturated carbocycles. The maximum Gasteiger partial charge on any atom is 0.270 e. The van der Waals surface area contributed by atoms with Gasteiger partial charge in [-0.2, -0.15) is 5.10 Å². The van der Waals surface area contributed by atoms with Crippen LogP contribution in [0.15, 0.2) is 84.9 Å². The number of carbonyl (C=O) groups is 1. The first kappa shape index (κ1) is 19.5. The molecule has 0 atom stereocenters. The lowest BCUT2D eigenvalue weighted by atomic mass is 10.1. The smallest absolute Gasteiger partial charge is 0.270 e. The van der Waals surface area contributed by atoms with E-state index >= 15 is 0 Å². The van der Waals surface area contributed by atoms with Crippen LogP contribution in [0.2, 0.25) is 0 Å². The molecule has 0 radical (unpaired) electrons. The van der Waals surface area contributed by atoms with E-state index in [1.807, 2.05) is 91.9 Å². The summed E-state index contributed by atoms with van der Waals surface area (Å²) >= 11 is 0. The van der Waals surface area contributed by atoms with Crippen LogP contribution in [-0.2, 0) is 6.54 Å². The summed E-state index contributed by atoms with van der Waals surface area (Å²) < 4.78 is 7.03. The van der Waals surface area contributed by atoms with Gasteiger partial charge >= 0.3 is 0 Å². The van der Waals surface area contributed by atoms with Gasteiger partial charge in [-0.15, -0.1) is 0 Å². The summed E-state index contributed by atoms with van der Waals surface area (Å²) in [5.74, 6) is 0.565. The van der Waals surface area contributed by atoms with Crippen LogP contribution in [0, 0.1) is 6.92 Å². The van der Waals surface area contributed by atoms with Crippen LogP contribution in [-0.4, -0.2) is 22.8 Å². The Balaban J connectivity index is 1.71. The first-order valence-corrected chi connectivity index (χ1v) is 9.78. The summed E-state index contributed by atoms with van der Waals surface area (Å²) in [6, 6.07) is 27.3. The minimum absolute atomic E-state index is 0.179. The number of nitrogens with zero attached hydrogens (tertiary/aromatic N) is 2. The monoisotopic (exact) mass is 397 g/mol. The largest absolute Gasteiger partial charge is 0.497 e. The van der Waals surface area contributed by atoms with E-state index in [-0.39, 0.29) is 5.91 Å². The molecule has 4 aromatic rings. The van der Waals surface area contributed by atoms with Gasteiger partial charge < -0.3 is 10.1 Å². The molecule has 1 heterocycles. The number of hydrogen-bond acceptors (Lipinski definition) is 3. The van der Waals surface area contributed by atoms with Gasteiger partial charge in [0, 0.05) is 12.1 Å². The van der Waals surface area contributed by atoms with Gasteiger partial charge in [-0.3, -0.25) is 4.79 Å². The molecule has 0 saturated heterocycles. The molecule has 0 aliphatic heterocycles. The quantitative estimate of drug-likeness (QED) is 0.509. The number of amides is 1. The van der Waals surface area contributed by atoms with Crippen molar-refractivity contribution < 1.29 is 9.53 Å². The molecule has 0 aliphatic rings. The Bertz CT molecular complexity index is 1170. The van der Waals surface area contributed by atoms with E-state index in [4.69, 9.17) is 9.84 Å². The standard InChI is InChI=1S/C25H23N3O2/c1-18-8-6-12-21(14-18)28-24(25(29)26-17-19-9-4-3-5-10-19)16-23(27-28)20-11-7-13-22(15-20)30-2/h3-16H,17H2,1-2H3,(H,26,29). The number of nitrogens with one attached hydrogen (secondary N) is 1. The maximum absolute atomic E-state index is 13.1. The normalized spacial score (nSPS) is 10.6. The van der Waals surface area contributed by atoms with Gasteiger partial charge in [-0.1, -0.05) is 54.6 Å². The SMILES string of the molecule is COc1cccc(-c2cc(C(=O)NCc3ccccc3)n(-c3cccc(C)c3)n2)c1. The first-order chi connectivity index (χ1) is 14.6. The fourth-order valence-corrected chi connectivity index (χ4v) is 3.29. The van der Waals surface area contributed by atoms with Crippen LogP contribution < -0.4 is 10.1 Å². The summed E-state index contributed by atoms with van der Waals surface area (Å²) in [5, 5.41) is 7.75. The molecule has 1 N–H and O–H groups in total. The number of benzene rings is 3. The molecule has 5 heteroatoms. The zero-order valence-corrected chi connectivity index (χ0v) is 17.0. The van der Waals surface area contributed by atoms with Crippen LogP contribution in [0.1, 0.15) is 21.6 Å². The molecule has 3 aromatic carbocycles. The van der Waals surface area contributed by atoms with E-state index in [9.17, 15) is 4.79 Å². The van der Waals surface area contributed by atoms with Crippen molar-refractivity contribution in [2.24, 2.45) is 0 Å². The number of rotatable bonds is 6. The number of carbonyl (C=O) groups excluding carboxylic acids is 1. The maximum atomic E-state index is 13.1. The van der Waals surface area contributed by atoms with Crippen molar-refractivity contribution in [3.05, 3.63) is 102 Å². The molecule has 1 amide bonds. The van der Waals surface area contributed by atoms with E-state index in [0.717, 1.165) is 28.1 Å². The molecule has 0 bridgehead atoms. The van der Waals surface area contributed by atoms with Crippen LogP contribution in [0.5, 0.6) is 5.75 Å². The summed E-state index contributed by atoms with van der Waals surface area (Å²) in [7, 11) is 1.63. The number of aryl methyl sites for hydroxylation is 1. The third kappa shape index (κ3) is 4.25. The third-order valence-corrected chi connectivity index (χ3v) is 4.85. The number of hydrogen-bond donors (Lipinski definition) is 1. The van der Waals surface area contributed by atoms with Gasteiger partial charge in [0.25, 0.3) is 5.91 Å². The second-order valence-corrected chi connectivity index (χ2v) is 7.07. The van der Waals surface area contributed by atoms with Crippen LogP contribution in [0.3, 0.4) is 0 Å². The molecule has 0 aliphatic carbocycles. The lowest BCUT2D eigenvalue weighted by molar-refractivity contribution is 0.0943. The van der Waals surface area contributed by atoms with Crippen molar-refractivity contribution in [3.8, 4) is 22.7 Å². The average molecular weight is 397 g/mol. The zero-order chi connectivity index (χ0) is 20.9. The predicted molar refractivity (Wildman–Crippen MR) is 118 cm³/mol. The lowest BCUT2D eigenvalue weighted by Gasteiger charge is -2.09. The summed E-state index contributed by atoms with van der Waals surface area (Å²) in [6.07, 6.45) is 0. The van der Waals surface area contributed by atoms with Gasteiger partial charge in [0.2, 0.25) is 0 Å². The zero-order valence-electron chi connectivity index (χ0n) is 17.0. The minimum atomic E-state index is -0.179. The highest BCUT2D eigenvalue weighted by Crippen LogP contribution is 2.25. The van der Waals surface area contributed by atoms with E-state index < -0.39 is 0 Å². The highest BCUT2D eigenvalue weighted by Gasteiger charge is 2.18. The molecule has 1 aromatic heterocycles. The molecular weight excluding hydrogens is 374 g/mol. The third-order valence-electron chi connectivity index (χ3n) is 4.85. The van der Waals surface area contributed by atoms with E-state index in [1.165, 1.54) is 0 Å². The molecule has 0 fully saturated rings. The Morgan fingerprint density at radius 1 is 0.967 bits per heavy atom. The lowest BCUT2D eigenvalue weighted by Crippen LogP contribution is -2.25. The molecule has 4 rings (SSSR count). The fourth-order valence-electron chi connectivity index (χ4n) is 3.29. The fraction of sp³-hybridized carbons (Fsp3) is 0.120. The number of ether oxygens (including phenoxy) is 1. The Morgan fingerprint density at radius 2 is 1.77 bits per heavy atom. The Labute approximate surface area is 175 Å². The summed E-state index contributed by atoms with van der Waals surface area (Å²) in [6.45, 7) is 2.47. The van der Waals surface area contributed by atoms with Gasteiger partial charge in [-0.25, -0.2) is 4.68 Å². The Hall–Kier alpha value is -3.86. The first-order valence-electron chi connectivity index (χ1n) is 9.78. The van der Waals surface area contributed by atoms with Crippen molar-refractivity contribution >= 4 is 5.91 Å². The number of methoxy groups -OCH3 is 1. The van der Waals surface area contributed by atoms with Gasteiger partial charge in [0.1, 0.15) is 11.4 Å². The van der Waals surface area contributed by atoms with Gasteiger partial charge in [-0.05, 0) is 48.4 Å². The van der Waals surface area contributed by atoms with Crippen molar-refractivity contribution in [2.45, 2.75) is 13.5 Å². The molecular formula is C25H23N3O2. The van der Waals surface area contributed by atoms with Crippen LogP contribution in [0.25, 0.3) is 16.9 Å². The topological polar surface area (TPSA) is 56.1 Å². The van der Waals surface area contributed by atoms with Gasteiger partial charge in [0.15, 0.2) is 0 Å². The van der Waals surface area contributed by atoms with Crippen molar-refractivity contribution in [1.29, 1.82) is 0 Å². The van der Waals surface area contributed by atoms with E-state index in [0.29, 0.717) is 17.9 Å². The molecule has 5 nitrogen and oxygen atoms in total. The minimum Gasteiger partial charge on any atom is -0.497 e. The second kappa shape index (κ2) is 8.66. The second-order valence-electron chi connectivity index (χ2n) is 7.07. The van der Waals surface area contributed by atoms with Crippen LogP contribution >= 0.6 is 0 Å². The van der Waals surface area contributed by atoms with Crippen molar-refractivity contribution in [2.75, 3.05) is 7.11 Å². The molecule has 0 spiro atoms. The predicted octanol–water partition coefficient (Wildman–Crippen LogP) is 4.79. The number of aromatic nitrogens is 2. The van der Waals surface area contributed by atoms with Gasteiger partial charge in [0.05, 0.1) is 18.5 Å². The molecule has 30 heavy (non-hydrogen) atoms. The van der Waals surface area contributed by atoms with Crippen molar-refractivity contribution in [3.63, 3.8) is 0 Å². The summed E-state index contributed by atoms with van der Waals surface area (Å²) in [4.78, 5) is 13.1. The highest BCUT2D eigenvalue weighted by molar-refractivity contribution is 5.94. The van der Waals surface area contributed by atoms with Crippen LogP contribution in [0.4, 0.5) is 0 Å². The highest BCUT2D eigenvalue weighted by atomic mass is 16.5. The summed E-state index contributed by atoms with van der Waals surface area (Å²) in [5.41, 5.74) is 5.06. The van der Waals surface area contributed by atoms with E-state index in [2.05, 4.69) is 5.32 Å². The molecule has 0 unspecified atom stereocenters. The average Bonchev–Trinajstić information content (AvgIpc) is 3.24. The Kier molecular flexibility index (Phi) is 5.61. The Morgan fingerprint density at radius 3 is 2.53 bits per heavy atom. The van der Waals surface area contributed by atoms with Crippen molar-refractivity contribution in [1.82, 2.24) is 15.1 Å². The molecule has 150 valence electrons.